The summed E-state index contributed by atoms with van der Waals surface area (Å²) in [5.41, 5.74) is 1.53. The molecule has 0 radical (unpaired) electrons. The van der Waals surface area contributed by atoms with Crippen molar-refractivity contribution in [2.24, 2.45) is 0 Å². The summed E-state index contributed by atoms with van der Waals surface area (Å²) in [6.45, 7) is 0. The maximum atomic E-state index is 11.5. The molecule has 21 heavy (non-hydrogen) atoms. The minimum absolute atomic E-state index is 0.358. The topological polar surface area (TPSA) is 73.2 Å². The van der Waals surface area contributed by atoms with Crippen molar-refractivity contribution >= 4 is 29.0 Å². The van der Waals surface area contributed by atoms with E-state index in [9.17, 15) is 9.59 Å². The summed E-state index contributed by atoms with van der Waals surface area (Å²) in [6.07, 6.45) is 5.02. The Kier molecular flexibility index (Phi) is 3.49. The molecule has 1 aliphatic heterocycles. The van der Waals surface area contributed by atoms with Gasteiger partial charge in [0.15, 0.2) is 0 Å². The van der Waals surface area contributed by atoms with Gasteiger partial charge in [0.2, 0.25) is 0 Å². The van der Waals surface area contributed by atoms with Crippen molar-refractivity contribution < 1.29 is 14.3 Å². The minimum Gasteiger partial charge on any atom is -0.494 e. The van der Waals surface area contributed by atoms with E-state index in [-0.39, 0.29) is 11.1 Å². The molecule has 0 atom stereocenters. The number of nitrogens with zero attached hydrogens (tertiary/aromatic N) is 2. The van der Waals surface area contributed by atoms with Gasteiger partial charge in [0, 0.05) is 11.8 Å². The van der Waals surface area contributed by atoms with E-state index < -0.39 is 0 Å². The van der Waals surface area contributed by atoms with Crippen molar-refractivity contribution in [2.75, 3.05) is 7.11 Å². The molecule has 2 amide bonds. The van der Waals surface area contributed by atoms with E-state index >= 15 is 0 Å². The number of imide groups is 1. The zero-order valence-corrected chi connectivity index (χ0v) is 11.9. The Morgan fingerprint density at radius 1 is 1.33 bits per heavy atom. The molecule has 1 saturated heterocycles. The highest BCUT2D eigenvalue weighted by atomic mass is 32.2. The fourth-order valence-electron chi connectivity index (χ4n) is 1.93. The molecule has 0 spiro atoms. The van der Waals surface area contributed by atoms with Crippen molar-refractivity contribution in [3.63, 3.8) is 0 Å². The molecule has 6 nitrogen and oxygen atoms in total. The van der Waals surface area contributed by atoms with E-state index in [1.807, 2.05) is 24.3 Å². The molecule has 0 saturated carbocycles. The number of hydrogen-bond donors (Lipinski definition) is 1. The van der Waals surface area contributed by atoms with Gasteiger partial charge in [-0.2, -0.15) is 5.10 Å². The Labute approximate surface area is 124 Å². The van der Waals surface area contributed by atoms with Crippen molar-refractivity contribution in [3.05, 3.63) is 47.1 Å². The molecular formula is C14H11N3O3S. The lowest BCUT2D eigenvalue weighted by Gasteiger charge is -2.07. The van der Waals surface area contributed by atoms with E-state index in [2.05, 4.69) is 10.4 Å². The number of ether oxygens (including phenoxy) is 1. The van der Waals surface area contributed by atoms with Gasteiger partial charge in [0.1, 0.15) is 11.4 Å². The third kappa shape index (κ3) is 2.68. The first-order valence-corrected chi connectivity index (χ1v) is 6.92. The number of benzene rings is 1. The first-order valence-electron chi connectivity index (χ1n) is 6.10. The van der Waals surface area contributed by atoms with Crippen LogP contribution in [-0.4, -0.2) is 28.0 Å². The van der Waals surface area contributed by atoms with Gasteiger partial charge in [0.05, 0.1) is 18.2 Å². The fraction of sp³-hybridized carbons (Fsp3) is 0.0714. The van der Waals surface area contributed by atoms with Crippen LogP contribution in [0.1, 0.15) is 5.56 Å². The number of hydrogen-bond acceptors (Lipinski definition) is 5. The quantitative estimate of drug-likeness (QED) is 0.880. The van der Waals surface area contributed by atoms with Crippen LogP contribution in [0.2, 0.25) is 0 Å². The summed E-state index contributed by atoms with van der Waals surface area (Å²) in [5.74, 6) is 0.318. The minimum atomic E-state index is -0.380. The van der Waals surface area contributed by atoms with Gasteiger partial charge in [-0.15, -0.1) is 0 Å². The molecular weight excluding hydrogens is 290 g/mol. The monoisotopic (exact) mass is 301 g/mol. The number of thioether (sulfide) groups is 1. The van der Waals surface area contributed by atoms with E-state index in [0.717, 1.165) is 23.0 Å². The van der Waals surface area contributed by atoms with Gasteiger partial charge in [-0.3, -0.25) is 14.9 Å². The number of nitrogens with one attached hydrogen (secondary N) is 1. The molecule has 0 aliphatic carbocycles. The largest absolute Gasteiger partial charge is 0.494 e. The van der Waals surface area contributed by atoms with Gasteiger partial charge >= 0.3 is 0 Å². The molecule has 1 N–H and O–H groups in total. The Morgan fingerprint density at radius 2 is 2.14 bits per heavy atom. The van der Waals surface area contributed by atoms with E-state index in [1.54, 1.807) is 30.3 Å². The van der Waals surface area contributed by atoms with Gasteiger partial charge in [-0.05, 0) is 30.0 Å². The van der Waals surface area contributed by atoms with Crippen LogP contribution in [0.15, 0.2) is 41.6 Å². The van der Waals surface area contributed by atoms with Crippen LogP contribution in [-0.2, 0) is 4.79 Å². The second kappa shape index (κ2) is 5.45. The van der Waals surface area contributed by atoms with E-state index in [4.69, 9.17) is 4.74 Å². The first-order chi connectivity index (χ1) is 10.2. The smallest absolute Gasteiger partial charge is 0.290 e. The number of rotatable bonds is 3. The predicted molar refractivity (Wildman–Crippen MR) is 79.2 cm³/mol. The molecule has 0 bridgehead atoms. The SMILES string of the molecule is COc1ccccc1-n1cc(/C=C2\SC(=O)NC2=O)cn1. The Balaban J connectivity index is 1.92. The summed E-state index contributed by atoms with van der Waals surface area (Å²) < 4.78 is 6.94. The molecule has 106 valence electrons. The molecule has 1 fully saturated rings. The number of carbonyl (C=O) groups is 2. The molecule has 2 aromatic rings. The van der Waals surface area contributed by atoms with Crippen molar-refractivity contribution in [1.29, 1.82) is 0 Å². The maximum absolute atomic E-state index is 11.5. The Bertz CT molecular complexity index is 751. The van der Waals surface area contributed by atoms with Crippen molar-refractivity contribution in [1.82, 2.24) is 15.1 Å². The van der Waals surface area contributed by atoms with Crippen molar-refractivity contribution in [2.45, 2.75) is 0 Å². The average Bonchev–Trinajstić information content (AvgIpc) is 3.06. The Morgan fingerprint density at radius 3 is 2.86 bits per heavy atom. The second-order valence-corrected chi connectivity index (χ2v) is 5.26. The molecule has 1 aliphatic rings. The first kappa shape index (κ1) is 13.4. The normalized spacial score (nSPS) is 16.3. The van der Waals surface area contributed by atoms with Gasteiger partial charge in [0.25, 0.3) is 11.1 Å². The highest BCUT2D eigenvalue weighted by Crippen LogP contribution is 2.26. The summed E-state index contributed by atoms with van der Waals surface area (Å²) >= 11 is 0.881. The summed E-state index contributed by atoms with van der Waals surface area (Å²) in [5, 5.41) is 6.10. The number of amides is 2. The van der Waals surface area contributed by atoms with Gasteiger partial charge in [-0.1, -0.05) is 12.1 Å². The lowest BCUT2D eigenvalue weighted by molar-refractivity contribution is -0.115. The summed E-state index contributed by atoms with van der Waals surface area (Å²) in [6, 6.07) is 7.48. The average molecular weight is 301 g/mol. The van der Waals surface area contributed by atoms with Crippen LogP contribution in [0.4, 0.5) is 4.79 Å². The molecule has 0 unspecified atom stereocenters. The molecule has 1 aromatic carbocycles. The zero-order valence-electron chi connectivity index (χ0n) is 11.1. The highest BCUT2D eigenvalue weighted by molar-refractivity contribution is 8.18. The van der Waals surface area contributed by atoms with Crippen molar-refractivity contribution in [3.8, 4) is 11.4 Å². The van der Waals surface area contributed by atoms with Crippen LogP contribution >= 0.6 is 11.8 Å². The predicted octanol–water partition coefficient (Wildman–Crippen LogP) is 2.20. The number of aromatic nitrogens is 2. The lowest BCUT2D eigenvalue weighted by Crippen LogP contribution is -2.17. The molecule has 1 aromatic heterocycles. The van der Waals surface area contributed by atoms with Gasteiger partial charge in [-0.25, -0.2) is 4.68 Å². The van der Waals surface area contributed by atoms with Crippen LogP contribution in [0, 0.1) is 0 Å². The van der Waals surface area contributed by atoms with E-state index in [0.29, 0.717) is 10.7 Å². The fourth-order valence-corrected chi connectivity index (χ4v) is 2.62. The van der Waals surface area contributed by atoms with E-state index in [1.165, 1.54) is 0 Å². The summed E-state index contributed by atoms with van der Waals surface area (Å²) in [7, 11) is 1.59. The van der Waals surface area contributed by atoms with Crippen LogP contribution in [0.5, 0.6) is 5.75 Å². The highest BCUT2D eigenvalue weighted by Gasteiger charge is 2.25. The van der Waals surface area contributed by atoms with Gasteiger partial charge < -0.3 is 4.74 Å². The molecule has 7 heteroatoms. The number of carbonyl (C=O) groups excluding carboxylic acids is 2. The third-order valence-electron chi connectivity index (χ3n) is 2.87. The van der Waals surface area contributed by atoms with Crippen LogP contribution < -0.4 is 10.1 Å². The third-order valence-corrected chi connectivity index (χ3v) is 3.68. The molecule has 3 rings (SSSR count). The van der Waals surface area contributed by atoms with Crippen LogP contribution in [0.25, 0.3) is 11.8 Å². The van der Waals surface area contributed by atoms with Crippen LogP contribution in [0.3, 0.4) is 0 Å². The lowest BCUT2D eigenvalue weighted by atomic mass is 10.3. The number of methoxy groups -OCH3 is 1. The summed E-state index contributed by atoms with van der Waals surface area (Å²) in [4.78, 5) is 23.0. The standard InChI is InChI=1S/C14H11N3O3S/c1-20-11-5-3-2-4-10(11)17-8-9(7-15-17)6-12-13(18)16-14(19)21-12/h2-8H,1H3,(H,16,18,19)/b12-6-. The Hall–Kier alpha value is -2.54. The zero-order chi connectivity index (χ0) is 14.8. The molecule has 2 heterocycles. The second-order valence-electron chi connectivity index (χ2n) is 4.24. The maximum Gasteiger partial charge on any atom is 0.290 e. The number of para-hydroxylation sites is 2.